The highest BCUT2D eigenvalue weighted by Gasteiger charge is 2.12. The number of carbonyl (C=O) groups excluding carboxylic acids is 1. The topological polar surface area (TPSA) is 120 Å². The van der Waals surface area contributed by atoms with E-state index in [0.29, 0.717) is 22.7 Å². The highest BCUT2D eigenvalue weighted by atomic mass is 32.2. The van der Waals surface area contributed by atoms with E-state index in [1.165, 1.54) is 38.5 Å². The van der Waals surface area contributed by atoms with Crippen LogP contribution in [0.5, 0.6) is 11.5 Å². The van der Waals surface area contributed by atoms with Gasteiger partial charge in [0.2, 0.25) is 10.0 Å². The smallest absolute Gasteiger partial charge is 0.257 e. The summed E-state index contributed by atoms with van der Waals surface area (Å²) in [5.41, 5.74) is 0.792. The predicted octanol–water partition coefficient (Wildman–Crippen LogP) is 1.48. The van der Waals surface area contributed by atoms with Gasteiger partial charge in [0.1, 0.15) is 11.5 Å². The van der Waals surface area contributed by atoms with Crippen LogP contribution in [-0.2, 0) is 10.0 Å². The number of ether oxygens (including phenoxy) is 2. The summed E-state index contributed by atoms with van der Waals surface area (Å²) in [6.45, 7) is 0. The lowest BCUT2D eigenvalue weighted by molar-refractivity contribution is 0.0977. The molecule has 0 aliphatic rings. The summed E-state index contributed by atoms with van der Waals surface area (Å²) in [6, 6.07) is 10.3. The van der Waals surface area contributed by atoms with Crippen LogP contribution in [-0.4, -0.2) is 33.7 Å². The Kier molecular flexibility index (Phi) is 6.14. The molecule has 0 aliphatic carbocycles. The maximum Gasteiger partial charge on any atom is 0.257 e. The molecule has 2 aromatic carbocycles. The van der Waals surface area contributed by atoms with Crippen molar-refractivity contribution in [3.05, 3.63) is 48.0 Å². The molecule has 0 heterocycles. The summed E-state index contributed by atoms with van der Waals surface area (Å²) in [7, 11) is -0.810. The number of primary sulfonamides is 1. The van der Waals surface area contributed by atoms with Crippen molar-refractivity contribution in [2.24, 2.45) is 5.14 Å². The van der Waals surface area contributed by atoms with Gasteiger partial charge in [-0.1, -0.05) is 0 Å². The van der Waals surface area contributed by atoms with Gasteiger partial charge in [-0.2, -0.15) is 0 Å². The zero-order valence-corrected chi connectivity index (χ0v) is 15.6. The molecule has 2 aromatic rings. The van der Waals surface area contributed by atoms with Crippen LogP contribution >= 0.6 is 12.2 Å². The molecule has 8 nitrogen and oxygen atoms in total. The number of nitrogens with two attached hydrogens (primary N) is 1. The number of nitrogens with one attached hydrogen (secondary N) is 2. The third kappa shape index (κ3) is 5.15. The Labute approximate surface area is 156 Å². The van der Waals surface area contributed by atoms with E-state index in [0.717, 1.165) is 0 Å². The molecule has 26 heavy (non-hydrogen) atoms. The number of methoxy groups -OCH3 is 2. The van der Waals surface area contributed by atoms with E-state index in [9.17, 15) is 13.2 Å². The molecule has 0 unspecified atom stereocenters. The Morgan fingerprint density at radius 3 is 2.04 bits per heavy atom. The molecule has 0 spiro atoms. The first-order valence-electron chi connectivity index (χ1n) is 7.21. The number of hydrogen-bond acceptors (Lipinski definition) is 6. The Morgan fingerprint density at radius 2 is 1.58 bits per heavy atom. The maximum absolute atomic E-state index is 12.3. The number of thiocarbonyl (C=S) groups is 1. The van der Waals surface area contributed by atoms with Gasteiger partial charge >= 0.3 is 0 Å². The highest BCUT2D eigenvalue weighted by Crippen LogP contribution is 2.22. The molecule has 0 aromatic heterocycles. The van der Waals surface area contributed by atoms with Gasteiger partial charge in [-0.05, 0) is 48.6 Å². The van der Waals surface area contributed by atoms with Crippen LogP contribution in [0.15, 0.2) is 47.4 Å². The highest BCUT2D eigenvalue weighted by molar-refractivity contribution is 7.89. The molecule has 0 bridgehead atoms. The van der Waals surface area contributed by atoms with Gasteiger partial charge < -0.3 is 14.8 Å². The van der Waals surface area contributed by atoms with Crippen molar-refractivity contribution in [3.8, 4) is 11.5 Å². The van der Waals surface area contributed by atoms with E-state index in [-0.39, 0.29) is 10.0 Å². The molecule has 0 fully saturated rings. The number of rotatable bonds is 5. The number of hydrogen-bond donors (Lipinski definition) is 3. The van der Waals surface area contributed by atoms with Crippen LogP contribution in [0.25, 0.3) is 0 Å². The second kappa shape index (κ2) is 8.13. The second-order valence-electron chi connectivity index (χ2n) is 5.08. The third-order valence-electron chi connectivity index (χ3n) is 3.28. The minimum atomic E-state index is -3.77. The van der Waals surface area contributed by atoms with Crippen molar-refractivity contribution >= 4 is 38.9 Å². The molecule has 0 radical (unpaired) electrons. The van der Waals surface area contributed by atoms with Crippen molar-refractivity contribution in [1.82, 2.24) is 5.32 Å². The van der Waals surface area contributed by atoms with Crippen molar-refractivity contribution in [2.75, 3.05) is 19.5 Å². The van der Waals surface area contributed by atoms with Gasteiger partial charge in [0, 0.05) is 17.3 Å². The third-order valence-corrected chi connectivity index (χ3v) is 4.41. The summed E-state index contributed by atoms with van der Waals surface area (Å²) in [5.74, 6) is 0.472. The molecule has 0 saturated carbocycles. The lowest BCUT2D eigenvalue weighted by Gasteiger charge is -2.11. The minimum Gasteiger partial charge on any atom is -0.497 e. The molecule has 0 atom stereocenters. The normalized spacial score (nSPS) is 10.7. The fourth-order valence-corrected chi connectivity index (χ4v) is 2.73. The molecular weight excluding hydrogens is 378 g/mol. The lowest BCUT2D eigenvalue weighted by Crippen LogP contribution is -2.34. The first-order chi connectivity index (χ1) is 12.2. The fourth-order valence-electron chi connectivity index (χ4n) is 2.00. The Hall–Kier alpha value is -2.69. The van der Waals surface area contributed by atoms with E-state index in [1.807, 2.05) is 0 Å². The molecular formula is C16H17N3O5S2. The van der Waals surface area contributed by atoms with Crippen LogP contribution in [0, 0.1) is 0 Å². The van der Waals surface area contributed by atoms with E-state index in [1.54, 1.807) is 18.2 Å². The van der Waals surface area contributed by atoms with Crippen molar-refractivity contribution in [2.45, 2.75) is 4.90 Å². The minimum absolute atomic E-state index is 0.0264. The van der Waals surface area contributed by atoms with E-state index >= 15 is 0 Å². The SMILES string of the molecule is COc1cc(OC)cc(C(=O)NC(=S)Nc2ccc(S(N)(=O)=O)cc2)c1. The molecule has 4 N–H and O–H groups in total. The summed E-state index contributed by atoms with van der Waals surface area (Å²) < 4.78 is 32.7. The summed E-state index contributed by atoms with van der Waals surface area (Å²) in [6.07, 6.45) is 0. The average molecular weight is 395 g/mol. The number of anilines is 1. The van der Waals surface area contributed by atoms with E-state index < -0.39 is 15.9 Å². The number of benzene rings is 2. The molecule has 0 aliphatic heterocycles. The van der Waals surface area contributed by atoms with Crippen molar-refractivity contribution in [3.63, 3.8) is 0 Å². The van der Waals surface area contributed by atoms with Crippen LogP contribution in [0.4, 0.5) is 5.69 Å². The van der Waals surface area contributed by atoms with Gasteiger partial charge in [0.15, 0.2) is 5.11 Å². The predicted molar refractivity (Wildman–Crippen MR) is 101 cm³/mol. The fraction of sp³-hybridized carbons (Fsp3) is 0.125. The van der Waals surface area contributed by atoms with Crippen LogP contribution in [0.3, 0.4) is 0 Å². The largest absolute Gasteiger partial charge is 0.497 e. The molecule has 1 amide bonds. The van der Waals surface area contributed by atoms with Gasteiger partial charge in [-0.15, -0.1) is 0 Å². The second-order valence-corrected chi connectivity index (χ2v) is 7.05. The summed E-state index contributed by atoms with van der Waals surface area (Å²) in [5, 5.41) is 10.4. The summed E-state index contributed by atoms with van der Waals surface area (Å²) in [4.78, 5) is 12.3. The van der Waals surface area contributed by atoms with Crippen molar-refractivity contribution in [1.29, 1.82) is 0 Å². The van der Waals surface area contributed by atoms with Crippen LogP contribution in [0.2, 0.25) is 0 Å². The summed E-state index contributed by atoms with van der Waals surface area (Å²) >= 11 is 5.09. The Balaban J connectivity index is 2.06. The maximum atomic E-state index is 12.3. The number of carbonyl (C=O) groups is 1. The zero-order valence-electron chi connectivity index (χ0n) is 14.0. The number of amides is 1. The Morgan fingerprint density at radius 1 is 1.04 bits per heavy atom. The van der Waals surface area contributed by atoms with E-state index in [4.69, 9.17) is 26.8 Å². The standard InChI is InChI=1S/C16H17N3O5S2/c1-23-12-7-10(8-13(9-12)24-2)15(20)19-16(25)18-11-3-5-14(6-4-11)26(17,21)22/h3-9H,1-2H3,(H2,17,21,22)(H2,18,19,20,25). The quantitative estimate of drug-likeness (QED) is 0.656. The van der Waals surface area contributed by atoms with E-state index in [2.05, 4.69) is 10.6 Å². The van der Waals surface area contributed by atoms with Crippen LogP contribution in [0.1, 0.15) is 10.4 Å². The molecule has 2 rings (SSSR count). The van der Waals surface area contributed by atoms with Gasteiger partial charge in [0.05, 0.1) is 19.1 Å². The van der Waals surface area contributed by atoms with Gasteiger partial charge in [-0.25, -0.2) is 13.6 Å². The number of sulfonamides is 1. The Bertz CT molecular complexity index is 905. The first kappa shape index (κ1) is 19.6. The molecule has 10 heteroatoms. The first-order valence-corrected chi connectivity index (χ1v) is 9.16. The van der Waals surface area contributed by atoms with Gasteiger partial charge in [0.25, 0.3) is 5.91 Å². The van der Waals surface area contributed by atoms with Crippen molar-refractivity contribution < 1.29 is 22.7 Å². The lowest BCUT2D eigenvalue weighted by atomic mass is 10.2. The molecule has 138 valence electrons. The van der Waals surface area contributed by atoms with Gasteiger partial charge in [-0.3, -0.25) is 10.1 Å². The monoisotopic (exact) mass is 395 g/mol. The molecule has 0 saturated heterocycles. The zero-order chi connectivity index (χ0) is 19.3. The van der Waals surface area contributed by atoms with Crippen LogP contribution < -0.4 is 25.2 Å². The average Bonchev–Trinajstić information content (AvgIpc) is 2.60.